The van der Waals surface area contributed by atoms with Crippen molar-refractivity contribution in [2.24, 2.45) is 5.11 Å². The van der Waals surface area contributed by atoms with E-state index in [1.807, 2.05) is 6.07 Å². The highest BCUT2D eigenvalue weighted by molar-refractivity contribution is 7.18. The highest BCUT2D eigenvalue weighted by atomic mass is 35.5. The summed E-state index contributed by atoms with van der Waals surface area (Å²) in [7, 11) is 0. The molecule has 1 aromatic heterocycles. The van der Waals surface area contributed by atoms with Crippen LogP contribution in [0.1, 0.15) is 15.2 Å². The molecule has 1 heterocycles. The standard InChI is InChI=1S/C12H5ClN4O2S/c13-7-3-1-6(2-4-7)9-8(5-14)11(16-17-15)20-10(9)12(18)19/h1-4H,(H,18,19). The van der Waals surface area contributed by atoms with Crippen molar-refractivity contribution in [1.29, 1.82) is 5.26 Å². The summed E-state index contributed by atoms with van der Waals surface area (Å²) in [6, 6.07) is 8.29. The highest BCUT2D eigenvalue weighted by Gasteiger charge is 2.23. The molecule has 0 unspecified atom stereocenters. The molecule has 0 amide bonds. The third-order valence-electron chi connectivity index (χ3n) is 2.46. The molecule has 20 heavy (non-hydrogen) atoms. The van der Waals surface area contributed by atoms with Gasteiger partial charge in [-0.05, 0) is 28.3 Å². The van der Waals surface area contributed by atoms with E-state index < -0.39 is 5.97 Å². The first-order valence-corrected chi connectivity index (χ1v) is 6.39. The number of nitrogens with zero attached hydrogens (tertiary/aromatic N) is 4. The van der Waals surface area contributed by atoms with Crippen molar-refractivity contribution in [1.82, 2.24) is 0 Å². The van der Waals surface area contributed by atoms with E-state index in [1.165, 1.54) is 0 Å². The van der Waals surface area contributed by atoms with E-state index in [0.29, 0.717) is 10.6 Å². The van der Waals surface area contributed by atoms with Crippen LogP contribution in [0, 0.1) is 11.3 Å². The Bertz CT molecular complexity index is 770. The fourth-order valence-corrected chi connectivity index (χ4v) is 2.73. The zero-order valence-corrected chi connectivity index (χ0v) is 11.3. The van der Waals surface area contributed by atoms with Gasteiger partial charge in [0.25, 0.3) is 0 Å². The average molecular weight is 305 g/mol. The molecule has 2 aromatic rings. The van der Waals surface area contributed by atoms with Crippen LogP contribution < -0.4 is 0 Å². The number of hydrogen-bond donors (Lipinski definition) is 1. The first-order chi connectivity index (χ1) is 9.58. The number of thiophene rings is 1. The smallest absolute Gasteiger partial charge is 0.346 e. The van der Waals surface area contributed by atoms with Crippen molar-refractivity contribution >= 4 is 33.9 Å². The van der Waals surface area contributed by atoms with Gasteiger partial charge in [-0.2, -0.15) is 5.26 Å². The van der Waals surface area contributed by atoms with Crippen LogP contribution in [0.4, 0.5) is 5.00 Å². The number of hydrogen-bond acceptors (Lipinski definition) is 4. The van der Waals surface area contributed by atoms with Crippen LogP contribution in [0.25, 0.3) is 21.6 Å². The van der Waals surface area contributed by atoms with Crippen LogP contribution in [0.2, 0.25) is 5.02 Å². The largest absolute Gasteiger partial charge is 0.477 e. The highest BCUT2D eigenvalue weighted by Crippen LogP contribution is 2.41. The van der Waals surface area contributed by atoms with Gasteiger partial charge >= 0.3 is 5.97 Å². The summed E-state index contributed by atoms with van der Waals surface area (Å²) in [4.78, 5) is 13.8. The molecule has 1 aromatic carbocycles. The maximum absolute atomic E-state index is 11.3. The van der Waals surface area contributed by atoms with Crippen molar-refractivity contribution < 1.29 is 9.90 Å². The van der Waals surface area contributed by atoms with Gasteiger partial charge in [0.15, 0.2) is 0 Å². The fourth-order valence-electron chi connectivity index (χ4n) is 1.68. The van der Waals surface area contributed by atoms with E-state index in [0.717, 1.165) is 11.3 Å². The van der Waals surface area contributed by atoms with Gasteiger partial charge in [-0.15, -0.1) is 11.3 Å². The molecule has 0 aliphatic carbocycles. The Kier molecular flexibility index (Phi) is 3.91. The van der Waals surface area contributed by atoms with Crippen LogP contribution in [0.15, 0.2) is 29.4 Å². The molecule has 0 radical (unpaired) electrons. The van der Waals surface area contributed by atoms with Crippen molar-refractivity contribution in [3.63, 3.8) is 0 Å². The zero-order chi connectivity index (χ0) is 14.7. The number of carbonyl (C=O) groups is 1. The van der Waals surface area contributed by atoms with Gasteiger partial charge in [-0.25, -0.2) is 4.79 Å². The predicted octanol–water partition coefficient (Wildman–Crippen LogP) is 4.58. The Morgan fingerprint density at radius 2 is 2.10 bits per heavy atom. The van der Waals surface area contributed by atoms with Crippen LogP contribution in [0.5, 0.6) is 0 Å². The topological polar surface area (TPSA) is 110 Å². The Hall–Kier alpha value is -2.52. The molecule has 0 fully saturated rings. The number of rotatable bonds is 3. The monoisotopic (exact) mass is 304 g/mol. The quantitative estimate of drug-likeness (QED) is 0.509. The number of azide groups is 1. The summed E-state index contributed by atoms with van der Waals surface area (Å²) in [6.45, 7) is 0. The maximum atomic E-state index is 11.3. The SMILES string of the molecule is N#Cc1c(N=[N+]=[N-])sc(C(=O)O)c1-c1ccc(Cl)cc1. The third kappa shape index (κ3) is 2.44. The summed E-state index contributed by atoms with van der Waals surface area (Å²) in [5.74, 6) is -1.18. The lowest BCUT2D eigenvalue weighted by atomic mass is 10.0. The maximum Gasteiger partial charge on any atom is 0.346 e. The van der Waals surface area contributed by atoms with Gasteiger partial charge in [0.05, 0.1) is 5.56 Å². The predicted molar refractivity (Wildman–Crippen MR) is 75.2 cm³/mol. The lowest BCUT2D eigenvalue weighted by Crippen LogP contribution is -1.95. The normalized spacial score (nSPS) is 9.60. The van der Waals surface area contributed by atoms with Gasteiger partial charge in [-0.3, -0.25) is 0 Å². The van der Waals surface area contributed by atoms with E-state index in [2.05, 4.69) is 10.0 Å². The van der Waals surface area contributed by atoms with Crippen molar-refractivity contribution in [2.45, 2.75) is 0 Å². The molecule has 0 saturated carbocycles. The minimum absolute atomic E-state index is 0.0392. The van der Waals surface area contributed by atoms with Crippen LogP contribution in [-0.2, 0) is 0 Å². The average Bonchev–Trinajstić information content (AvgIpc) is 2.79. The molecule has 0 aliphatic heterocycles. The molecule has 6 nitrogen and oxygen atoms in total. The molecule has 0 spiro atoms. The van der Waals surface area contributed by atoms with Crippen LogP contribution in [0.3, 0.4) is 0 Å². The Labute approximate surface area is 122 Å². The van der Waals surface area contributed by atoms with Gasteiger partial charge in [0.2, 0.25) is 0 Å². The molecule has 0 aliphatic rings. The second-order valence-electron chi connectivity index (χ2n) is 3.60. The fraction of sp³-hybridized carbons (Fsp3) is 0. The van der Waals surface area contributed by atoms with E-state index in [4.69, 9.17) is 17.1 Å². The second kappa shape index (κ2) is 5.63. The summed E-state index contributed by atoms with van der Waals surface area (Å²) in [6.07, 6.45) is 0. The second-order valence-corrected chi connectivity index (χ2v) is 5.04. The third-order valence-corrected chi connectivity index (χ3v) is 3.78. The first-order valence-electron chi connectivity index (χ1n) is 5.19. The molecular weight excluding hydrogens is 300 g/mol. The molecule has 2 rings (SSSR count). The number of benzene rings is 1. The van der Waals surface area contributed by atoms with Crippen molar-refractivity contribution in [3.8, 4) is 17.2 Å². The molecule has 8 heteroatoms. The van der Waals surface area contributed by atoms with Crippen molar-refractivity contribution in [3.05, 3.63) is 50.2 Å². The van der Waals surface area contributed by atoms with Crippen molar-refractivity contribution in [2.75, 3.05) is 0 Å². The zero-order valence-electron chi connectivity index (χ0n) is 9.74. The van der Waals surface area contributed by atoms with Crippen LogP contribution in [-0.4, -0.2) is 11.1 Å². The molecule has 0 bridgehead atoms. The number of halogens is 1. The Morgan fingerprint density at radius 3 is 2.60 bits per heavy atom. The van der Waals surface area contributed by atoms with Gasteiger partial charge in [0.1, 0.15) is 15.9 Å². The summed E-state index contributed by atoms with van der Waals surface area (Å²) >= 11 is 6.55. The number of aromatic carboxylic acids is 1. The van der Waals surface area contributed by atoms with E-state index in [1.54, 1.807) is 24.3 Å². The van der Waals surface area contributed by atoms with E-state index >= 15 is 0 Å². The first kappa shape index (κ1) is 13.9. The minimum Gasteiger partial charge on any atom is -0.477 e. The summed E-state index contributed by atoms with van der Waals surface area (Å²) < 4.78 is 0. The Morgan fingerprint density at radius 1 is 1.45 bits per heavy atom. The number of carboxylic acid groups (broad SMARTS) is 1. The molecule has 0 atom stereocenters. The van der Waals surface area contributed by atoms with Gasteiger partial charge < -0.3 is 5.11 Å². The molecule has 1 N–H and O–H groups in total. The number of carboxylic acids is 1. The number of nitriles is 1. The van der Waals surface area contributed by atoms with E-state index in [9.17, 15) is 15.2 Å². The Balaban J connectivity index is 2.78. The summed E-state index contributed by atoms with van der Waals surface area (Å²) in [5, 5.41) is 22.3. The van der Waals surface area contributed by atoms with Gasteiger partial charge in [-0.1, -0.05) is 23.7 Å². The van der Waals surface area contributed by atoms with Crippen LogP contribution >= 0.6 is 22.9 Å². The summed E-state index contributed by atoms with van der Waals surface area (Å²) in [5.41, 5.74) is 9.29. The lowest BCUT2D eigenvalue weighted by molar-refractivity contribution is 0.0703. The van der Waals surface area contributed by atoms with E-state index in [-0.39, 0.29) is 21.0 Å². The van der Waals surface area contributed by atoms with Gasteiger partial charge in [0, 0.05) is 15.5 Å². The molecule has 98 valence electrons. The lowest BCUT2D eigenvalue weighted by Gasteiger charge is -2.02. The molecular formula is C12H5ClN4O2S. The molecule has 0 saturated heterocycles. The minimum atomic E-state index is -1.18.